The van der Waals surface area contributed by atoms with E-state index in [4.69, 9.17) is 5.11 Å². The summed E-state index contributed by atoms with van der Waals surface area (Å²) in [6, 6.07) is 5.90. The highest BCUT2D eigenvalue weighted by Gasteiger charge is 2.14. The third-order valence-corrected chi connectivity index (χ3v) is 3.77. The van der Waals surface area contributed by atoms with Crippen molar-refractivity contribution >= 4 is 12.0 Å². The van der Waals surface area contributed by atoms with Crippen LogP contribution in [0.25, 0.3) is 17.3 Å². The number of aliphatic hydroxyl groups is 2. The zero-order valence-corrected chi connectivity index (χ0v) is 14.6. The Morgan fingerprint density at radius 2 is 1.85 bits per heavy atom. The first kappa shape index (κ1) is 19.7. The smallest absolute Gasteiger partial charge is 0.305 e. The van der Waals surface area contributed by atoms with E-state index in [9.17, 15) is 19.4 Å². The van der Waals surface area contributed by atoms with Crippen LogP contribution in [0, 0.1) is 19.7 Å². The molecule has 0 spiro atoms. The summed E-state index contributed by atoms with van der Waals surface area (Å²) in [5, 5.41) is 28.3. The molecule has 1 aromatic heterocycles. The first-order valence-electron chi connectivity index (χ1n) is 8.13. The molecule has 0 aliphatic rings. The van der Waals surface area contributed by atoms with Crippen molar-refractivity contribution in [1.29, 1.82) is 0 Å². The minimum Gasteiger partial charge on any atom is -0.481 e. The van der Waals surface area contributed by atoms with Crippen molar-refractivity contribution in [2.24, 2.45) is 0 Å². The van der Waals surface area contributed by atoms with E-state index < -0.39 is 24.6 Å². The number of aromatic nitrogens is 2. The molecule has 1 heterocycles. The van der Waals surface area contributed by atoms with Gasteiger partial charge in [-0.15, -0.1) is 0 Å². The van der Waals surface area contributed by atoms with Gasteiger partial charge in [0.25, 0.3) is 0 Å². The number of hydrogen-bond donors (Lipinski definition) is 3. The Bertz CT molecular complexity index is 806. The van der Waals surface area contributed by atoms with Crippen molar-refractivity contribution in [3.8, 4) is 11.3 Å². The second-order valence-electron chi connectivity index (χ2n) is 6.04. The second-order valence-corrected chi connectivity index (χ2v) is 6.04. The van der Waals surface area contributed by atoms with E-state index >= 15 is 0 Å². The number of rotatable bonds is 7. The summed E-state index contributed by atoms with van der Waals surface area (Å²) in [6.07, 6.45) is 0.397. The van der Waals surface area contributed by atoms with Gasteiger partial charge >= 0.3 is 5.97 Å². The van der Waals surface area contributed by atoms with E-state index in [1.165, 1.54) is 18.2 Å². The molecule has 2 rings (SSSR count). The maximum absolute atomic E-state index is 13.2. The average molecular weight is 360 g/mol. The van der Waals surface area contributed by atoms with E-state index in [0.29, 0.717) is 28.3 Å². The quantitative estimate of drug-likeness (QED) is 0.701. The second kappa shape index (κ2) is 8.64. The molecule has 7 heteroatoms. The first-order chi connectivity index (χ1) is 12.3. The number of nitrogens with zero attached hydrogens (tertiary/aromatic N) is 2. The summed E-state index contributed by atoms with van der Waals surface area (Å²) >= 11 is 0. The van der Waals surface area contributed by atoms with Gasteiger partial charge in [0, 0.05) is 23.2 Å². The normalized spacial score (nSPS) is 13.7. The number of carboxylic acid groups (broad SMARTS) is 1. The van der Waals surface area contributed by atoms with Crippen molar-refractivity contribution in [3.63, 3.8) is 0 Å². The van der Waals surface area contributed by atoms with Crippen molar-refractivity contribution in [1.82, 2.24) is 9.97 Å². The Hall–Kier alpha value is -2.64. The number of hydrogen-bond acceptors (Lipinski definition) is 5. The Morgan fingerprint density at radius 3 is 2.46 bits per heavy atom. The lowest BCUT2D eigenvalue weighted by Crippen LogP contribution is -2.19. The number of halogens is 1. The number of carbonyl (C=O) groups is 1. The van der Waals surface area contributed by atoms with Crippen LogP contribution in [0.3, 0.4) is 0 Å². The minimum absolute atomic E-state index is 0.0968. The predicted octanol–water partition coefficient (Wildman–Crippen LogP) is 2.50. The fourth-order valence-electron chi connectivity index (χ4n) is 2.60. The fourth-order valence-corrected chi connectivity index (χ4v) is 2.60. The molecule has 2 unspecified atom stereocenters. The van der Waals surface area contributed by atoms with Crippen molar-refractivity contribution in [3.05, 3.63) is 53.2 Å². The molecule has 138 valence electrons. The number of aliphatic hydroxyl groups excluding tert-OH is 2. The Kier molecular flexibility index (Phi) is 6.54. The van der Waals surface area contributed by atoms with Gasteiger partial charge < -0.3 is 15.3 Å². The highest BCUT2D eigenvalue weighted by atomic mass is 19.1. The SMILES string of the molecule is Cc1nc(C)c(/C=C/C(O)CC(O)CC(=O)O)c(-c2ccc(F)cc2)n1. The summed E-state index contributed by atoms with van der Waals surface area (Å²) in [4.78, 5) is 19.3. The standard InChI is InChI=1S/C19H21FN2O4/c1-11-17(8-7-15(23)9-16(24)10-18(25)26)19(22-12(2)21-11)13-3-5-14(20)6-4-13/h3-8,15-16,23-24H,9-10H2,1-2H3,(H,25,26)/b8-7+. The highest BCUT2D eigenvalue weighted by Crippen LogP contribution is 2.25. The molecular weight excluding hydrogens is 339 g/mol. The molecule has 0 aliphatic heterocycles. The summed E-state index contributed by atoms with van der Waals surface area (Å²) in [5.74, 6) is -0.914. The summed E-state index contributed by atoms with van der Waals surface area (Å²) in [7, 11) is 0. The molecule has 0 bridgehead atoms. The molecule has 1 aromatic carbocycles. The van der Waals surface area contributed by atoms with Gasteiger partial charge in [-0.1, -0.05) is 12.2 Å². The highest BCUT2D eigenvalue weighted by molar-refractivity contribution is 5.73. The zero-order valence-electron chi connectivity index (χ0n) is 14.6. The van der Waals surface area contributed by atoms with E-state index in [1.807, 2.05) is 0 Å². The van der Waals surface area contributed by atoms with Crippen LogP contribution in [0.15, 0.2) is 30.3 Å². The Balaban J connectivity index is 2.28. The molecule has 0 aliphatic carbocycles. The summed E-state index contributed by atoms with van der Waals surface area (Å²) < 4.78 is 13.2. The van der Waals surface area contributed by atoms with Crippen LogP contribution >= 0.6 is 0 Å². The van der Waals surface area contributed by atoms with Gasteiger partial charge in [-0.3, -0.25) is 4.79 Å². The van der Waals surface area contributed by atoms with Crippen molar-refractivity contribution in [2.75, 3.05) is 0 Å². The Morgan fingerprint density at radius 1 is 1.19 bits per heavy atom. The van der Waals surface area contributed by atoms with Gasteiger partial charge in [0.05, 0.1) is 24.3 Å². The predicted molar refractivity (Wildman–Crippen MR) is 94.8 cm³/mol. The van der Waals surface area contributed by atoms with Gasteiger partial charge in [-0.2, -0.15) is 0 Å². The Labute approximate surface area is 150 Å². The lowest BCUT2D eigenvalue weighted by Gasteiger charge is -2.12. The first-order valence-corrected chi connectivity index (χ1v) is 8.13. The van der Waals surface area contributed by atoms with Crippen molar-refractivity contribution in [2.45, 2.75) is 38.9 Å². The largest absolute Gasteiger partial charge is 0.481 e. The van der Waals surface area contributed by atoms with Crippen LogP contribution in [0.4, 0.5) is 4.39 Å². The zero-order chi connectivity index (χ0) is 19.3. The monoisotopic (exact) mass is 360 g/mol. The number of benzene rings is 1. The van der Waals surface area contributed by atoms with E-state index in [1.54, 1.807) is 32.1 Å². The maximum atomic E-state index is 13.2. The van der Waals surface area contributed by atoms with Gasteiger partial charge in [-0.05, 0) is 38.1 Å². The van der Waals surface area contributed by atoms with E-state index in [0.717, 1.165) is 0 Å². The minimum atomic E-state index is -1.14. The number of aryl methyl sites for hydroxylation is 2. The van der Waals surface area contributed by atoms with Crippen LogP contribution in [0.1, 0.15) is 29.9 Å². The van der Waals surface area contributed by atoms with Gasteiger partial charge in [-0.25, -0.2) is 14.4 Å². The topological polar surface area (TPSA) is 104 Å². The van der Waals surface area contributed by atoms with Crippen molar-refractivity contribution < 1.29 is 24.5 Å². The molecule has 6 nitrogen and oxygen atoms in total. The number of aliphatic carboxylic acids is 1. The van der Waals surface area contributed by atoms with E-state index in [-0.39, 0.29) is 12.2 Å². The molecule has 0 fully saturated rings. The van der Waals surface area contributed by atoms with E-state index in [2.05, 4.69) is 9.97 Å². The number of carboxylic acids is 1. The molecule has 2 atom stereocenters. The van der Waals surface area contributed by atoms with Crippen LogP contribution in [-0.4, -0.2) is 43.5 Å². The van der Waals surface area contributed by atoms with Gasteiger partial charge in [0.2, 0.25) is 0 Å². The molecule has 0 saturated heterocycles. The molecule has 0 saturated carbocycles. The van der Waals surface area contributed by atoms with Crippen LogP contribution < -0.4 is 0 Å². The molecule has 2 aromatic rings. The molecule has 3 N–H and O–H groups in total. The lowest BCUT2D eigenvalue weighted by atomic mass is 10.0. The van der Waals surface area contributed by atoms with Crippen LogP contribution in [-0.2, 0) is 4.79 Å². The van der Waals surface area contributed by atoms with Crippen LogP contribution in [0.5, 0.6) is 0 Å². The summed E-state index contributed by atoms with van der Waals surface area (Å²) in [6.45, 7) is 3.55. The van der Waals surface area contributed by atoms with Gasteiger partial charge in [0.15, 0.2) is 0 Å². The summed E-state index contributed by atoms with van der Waals surface area (Å²) in [5.41, 5.74) is 2.66. The third kappa shape index (κ3) is 5.44. The van der Waals surface area contributed by atoms with Gasteiger partial charge in [0.1, 0.15) is 11.6 Å². The lowest BCUT2D eigenvalue weighted by molar-refractivity contribution is -0.139. The maximum Gasteiger partial charge on any atom is 0.305 e. The van der Waals surface area contributed by atoms with Crippen LogP contribution in [0.2, 0.25) is 0 Å². The molecule has 26 heavy (non-hydrogen) atoms. The third-order valence-electron chi connectivity index (χ3n) is 3.77. The fraction of sp³-hybridized carbons (Fsp3) is 0.316. The molecular formula is C19H21FN2O4. The molecule has 0 amide bonds. The molecule has 0 radical (unpaired) electrons. The average Bonchev–Trinajstić information content (AvgIpc) is 2.53.